The van der Waals surface area contributed by atoms with Gasteiger partial charge in [-0.1, -0.05) is 12.1 Å². The highest BCUT2D eigenvalue weighted by Crippen LogP contribution is 2.25. The number of para-hydroxylation sites is 2. The number of ether oxygens (including phenoxy) is 2. The molecule has 0 fully saturated rings. The number of non-ortho nitro benzene ring substituents is 1. The zero-order valence-electron chi connectivity index (χ0n) is 14.2. The SMILES string of the molecule is O=C(COc1ccc([N+](=O)[O-])cc1)NNC(=O)COc1ccccc1[N+](=O)[O-]. The van der Waals surface area contributed by atoms with Crippen molar-refractivity contribution in [2.24, 2.45) is 0 Å². The molecule has 0 aliphatic heterocycles. The molecule has 0 heterocycles. The average molecular weight is 390 g/mol. The molecule has 12 nitrogen and oxygen atoms in total. The molecule has 12 heteroatoms. The summed E-state index contributed by atoms with van der Waals surface area (Å²) >= 11 is 0. The topological polar surface area (TPSA) is 163 Å². The number of carbonyl (C=O) groups is 2. The van der Waals surface area contributed by atoms with Crippen LogP contribution in [-0.2, 0) is 9.59 Å². The summed E-state index contributed by atoms with van der Waals surface area (Å²) in [6.07, 6.45) is 0. The smallest absolute Gasteiger partial charge is 0.310 e. The second kappa shape index (κ2) is 9.47. The van der Waals surface area contributed by atoms with Crippen LogP contribution in [0.2, 0.25) is 0 Å². The van der Waals surface area contributed by atoms with Crippen molar-refractivity contribution in [3.63, 3.8) is 0 Å². The lowest BCUT2D eigenvalue weighted by molar-refractivity contribution is -0.385. The number of nitrogens with zero attached hydrogens (tertiary/aromatic N) is 2. The Balaban J connectivity index is 1.73. The third kappa shape index (κ3) is 5.94. The van der Waals surface area contributed by atoms with Gasteiger partial charge < -0.3 is 9.47 Å². The van der Waals surface area contributed by atoms with Gasteiger partial charge in [0.15, 0.2) is 19.0 Å². The van der Waals surface area contributed by atoms with Crippen molar-refractivity contribution in [2.75, 3.05) is 13.2 Å². The summed E-state index contributed by atoms with van der Waals surface area (Å²) in [4.78, 5) is 43.4. The first-order valence-corrected chi connectivity index (χ1v) is 7.68. The molecule has 0 saturated carbocycles. The third-order valence-electron chi connectivity index (χ3n) is 3.18. The van der Waals surface area contributed by atoms with Crippen LogP contribution in [0.25, 0.3) is 0 Å². The summed E-state index contributed by atoms with van der Waals surface area (Å²) in [6, 6.07) is 10.6. The van der Waals surface area contributed by atoms with Gasteiger partial charge in [-0.05, 0) is 18.2 Å². The minimum absolute atomic E-state index is 0.0875. The van der Waals surface area contributed by atoms with Gasteiger partial charge in [-0.2, -0.15) is 0 Å². The van der Waals surface area contributed by atoms with Gasteiger partial charge in [0, 0.05) is 18.2 Å². The summed E-state index contributed by atoms with van der Waals surface area (Å²) in [5.74, 6) is -1.30. The van der Waals surface area contributed by atoms with Crippen LogP contribution in [0, 0.1) is 20.2 Å². The van der Waals surface area contributed by atoms with E-state index in [9.17, 15) is 29.8 Å². The van der Waals surface area contributed by atoms with Crippen LogP contribution >= 0.6 is 0 Å². The number of nitrogens with one attached hydrogen (secondary N) is 2. The zero-order chi connectivity index (χ0) is 20.5. The Morgan fingerprint density at radius 1 is 0.821 bits per heavy atom. The Kier molecular flexibility index (Phi) is 6.80. The molecule has 0 aromatic heterocycles. The fourth-order valence-corrected chi connectivity index (χ4v) is 1.90. The number of hydrogen-bond donors (Lipinski definition) is 2. The lowest BCUT2D eigenvalue weighted by atomic mass is 10.3. The maximum Gasteiger partial charge on any atom is 0.310 e. The molecule has 2 aromatic rings. The van der Waals surface area contributed by atoms with E-state index >= 15 is 0 Å². The molecule has 2 aromatic carbocycles. The van der Waals surface area contributed by atoms with E-state index in [1.54, 1.807) is 0 Å². The summed E-state index contributed by atoms with van der Waals surface area (Å²) < 4.78 is 10.2. The molecule has 0 unspecified atom stereocenters. The number of nitro benzene ring substituents is 2. The monoisotopic (exact) mass is 390 g/mol. The zero-order valence-corrected chi connectivity index (χ0v) is 14.2. The Morgan fingerprint density at radius 3 is 1.96 bits per heavy atom. The quantitative estimate of drug-likeness (QED) is 0.500. The van der Waals surface area contributed by atoms with E-state index in [1.165, 1.54) is 48.5 Å². The van der Waals surface area contributed by atoms with Crippen molar-refractivity contribution in [3.05, 3.63) is 68.8 Å². The molecule has 2 amide bonds. The van der Waals surface area contributed by atoms with Crippen molar-refractivity contribution >= 4 is 23.2 Å². The van der Waals surface area contributed by atoms with Gasteiger partial charge in [-0.3, -0.25) is 40.7 Å². The number of amides is 2. The van der Waals surface area contributed by atoms with Crippen molar-refractivity contribution in [1.29, 1.82) is 0 Å². The standard InChI is InChI=1S/C16H14N4O8/c21-15(9-27-12-7-5-11(6-8-12)19(23)24)17-18-16(22)10-28-14-4-2-1-3-13(14)20(25)26/h1-8H,9-10H2,(H,17,21)(H,18,22). The molecule has 0 atom stereocenters. The van der Waals surface area contributed by atoms with Crippen LogP contribution in [-0.4, -0.2) is 34.9 Å². The van der Waals surface area contributed by atoms with Crippen LogP contribution in [0.4, 0.5) is 11.4 Å². The predicted molar refractivity (Wildman–Crippen MR) is 93.5 cm³/mol. The Labute approximate surface area is 157 Å². The molecule has 0 saturated heterocycles. The second-order valence-corrected chi connectivity index (χ2v) is 5.15. The molecular formula is C16H14N4O8. The fourth-order valence-electron chi connectivity index (χ4n) is 1.90. The molecule has 2 rings (SSSR count). The summed E-state index contributed by atoms with van der Waals surface area (Å²) in [7, 11) is 0. The van der Waals surface area contributed by atoms with Gasteiger partial charge in [0.2, 0.25) is 0 Å². The molecule has 0 radical (unpaired) electrons. The fraction of sp³-hybridized carbons (Fsp3) is 0.125. The van der Waals surface area contributed by atoms with Crippen LogP contribution in [0.5, 0.6) is 11.5 Å². The van der Waals surface area contributed by atoms with Crippen LogP contribution in [0.3, 0.4) is 0 Å². The first-order chi connectivity index (χ1) is 13.4. The number of rotatable bonds is 8. The lowest BCUT2D eigenvalue weighted by Gasteiger charge is -2.09. The molecule has 0 aliphatic carbocycles. The van der Waals surface area contributed by atoms with Crippen molar-refractivity contribution in [3.8, 4) is 11.5 Å². The Bertz CT molecular complexity index is 884. The maximum absolute atomic E-state index is 11.7. The number of nitro groups is 2. The minimum atomic E-state index is -0.748. The number of hydrazine groups is 1. The molecule has 0 aliphatic rings. The first kappa shape index (κ1) is 20.1. The summed E-state index contributed by atoms with van der Waals surface area (Å²) in [5.41, 5.74) is 3.71. The highest BCUT2D eigenvalue weighted by molar-refractivity contribution is 5.83. The minimum Gasteiger partial charge on any atom is -0.484 e. The van der Waals surface area contributed by atoms with Crippen molar-refractivity contribution in [2.45, 2.75) is 0 Å². The molecule has 2 N–H and O–H groups in total. The van der Waals surface area contributed by atoms with E-state index in [1.807, 2.05) is 0 Å². The van der Waals surface area contributed by atoms with E-state index in [0.29, 0.717) is 0 Å². The largest absolute Gasteiger partial charge is 0.484 e. The molecule has 28 heavy (non-hydrogen) atoms. The molecule has 0 bridgehead atoms. The average Bonchev–Trinajstić information content (AvgIpc) is 2.69. The van der Waals surface area contributed by atoms with E-state index in [-0.39, 0.29) is 22.9 Å². The van der Waals surface area contributed by atoms with E-state index in [4.69, 9.17) is 9.47 Å². The second-order valence-electron chi connectivity index (χ2n) is 5.15. The molecule has 146 valence electrons. The normalized spacial score (nSPS) is 9.86. The van der Waals surface area contributed by atoms with Crippen molar-refractivity contribution < 1.29 is 28.9 Å². The van der Waals surface area contributed by atoms with E-state index in [2.05, 4.69) is 10.9 Å². The number of hydrogen-bond acceptors (Lipinski definition) is 8. The highest BCUT2D eigenvalue weighted by atomic mass is 16.6. The van der Waals surface area contributed by atoms with Crippen LogP contribution < -0.4 is 20.3 Å². The van der Waals surface area contributed by atoms with Crippen LogP contribution in [0.15, 0.2) is 48.5 Å². The third-order valence-corrected chi connectivity index (χ3v) is 3.18. The Morgan fingerprint density at radius 2 is 1.39 bits per heavy atom. The molecule has 0 spiro atoms. The predicted octanol–water partition coefficient (Wildman–Crippen LogP) is 1.11. The van der Waals surface area contributed by atoms with Gasteiger partial charge in [-0.25, -0.2) is 0 Å². The summed E-state index contributed by atoms with van der Waals surface area (Å²) in [6.45, 7) is -1.02. The Hall–Kier alpha value is -4.22. The van der Waals surface area contributed by atoms with E-state index in [0.717, 1.165) is 0 Å². The first-order valence-electron chi connectivity index (χ1n) is 7.68. The lowest BCUT2D eigenvalue weighted by Crippen LogP contribution is -2.45. The van der Waals surface area contributed by atoms with Crippen LogP contribution in [0.1, 0.15) is 0 Å². The number of carbonyl (C=O) groups excluding carboxylic acids is 2. The summed E-state index contributed by atoms with van der Waals surface area (Å²) in [5, 5.41) is 21.4. The number of benzene rings is 2. The molecular weight excluding hydrogens is 376 g/mol. The van der Waals surface area contributed by atoms with Crippen molar-refractivity contribution in [1.82, 2.24) is 10.9 Å². The highest BCUT2D eigenvalue weighted by Gasteiger charge is 2.15. The van der Waals surface area contributed by atoms with Gasteiger partial charge in [0.1, 0.15) is 5.75 Å². The van der Waals surface area contributed by atoms with Gasteiger partial charge in [-0.15, -0.1) is 0 Å². The van der Waals surface area contributed by atoms with Gasteiger partial charge >= 0.3 is 5.69 Å². The van der Waals surface area contributed by atoms with E-state index < -0.39 is 34.9 Å². The maximum atomic E-state index is 11.7. The van der Waals surface area contributed by atoms with Gasteiger partial charge in [0.05, 0.1) is 9.85 Å². The van der Waals surface area contributed by atoms with Gasteiger partial charge in [0.25, 0.3) is 17.5 Å².